The minimum atomic E-state index is 0.551. The highest BCUT2D eigenvalue weighted by Crippen LogP contribution is 2.41. The normalized spacial score (nSPS) is 22.4. The fraction of sp³-hybridized carbons (Fsp3) is 0.440. The van der Waals surface area contributed by atoms with Crippen LogP contribution in [0.5, 0.6) is 0 Å². The van der Waals surface area contributed by atoms with Crippen molar-refractivity contribution in [3.8, 4) is 0 Å². The summed E-state index contributed by atoms with van der Waals surface area (Å²) in [5.74, 6) is 0. The second-order valence-electron chi connectivity index (χ2n) is 7.47. The number of thioether (sulfide) groups is 2. The molecule has 1 unspecified atom stereocenters. The molecule has 0 fully saturated rings. The van der Waals surface area contributed by atoms with E-state index < -0.39 is 0 Å². The molecule has 0 aromatic carbocycles. The van der Waals surface area contributed by atoms with Crippen LogP contribution in [0.25, 0.3) is 0 Å². The van der Waals surface area contributed by atoms with Crippen molar-refractivity contribution in [3.05, 3.63) is 81.2 Å². The summed E-state index contributed by atoms with van der Waals surface area (Å²) in [5.41, 5.74) is 6.12. The molecule has 0 heterocycles. The number of hydrogen-bond acceptors (Lipinski definition) is 2. The summed E-state index contributed by atoms with van der Waals surface area (Å²) in [7, 11) is 0. The predicted molar refractivity (Wildman–Crippen MR) is 126 cm³/mol. The predicted octanol–water partition coefficient (Wildman–Crippen LogP) is 8.29. The smallest absolute Gasteiger partial charge is 0.0340 e. The molecule has 144 valence electrons. The molecule has 0 N–H and O–H groups in total. The second kappa shape index (κ2) is 10.4. The van der Waals surface area contributed by atoms with E-state index in [2.05, 4.69) is 62.3 Å². The summed E-state index contributed by atoms with van der Waals surface area (Å²) in [6.07, 6.45) is 28.3. The van der Waals surface area contributed by atoms with E-state index in [0.717, 1.165) is 12.8 Å². The molecule has 0 spiro atoms. The molecule has 0 aromatic heterocycles. The van der Waals surface area contributed by atoms with Crippen LogP contribution in [0.4, 0.5) is 0 Å². The molecule has 0 bridgehead atoms. The van der Waals surface area contributed by atoms with Crippen LogP contribution in [0, 0.1) is 0 Å². The Kier molecular flexibility index (Phi) is 7.96. The van der Waals surface area contributed by atoms with Crippen molar-refractivity contribution in [1.29, 1.82) is 0 Å². The molecular formula is C25H32S2. The van der Waals surface area contributed by atoms with Crippen LogP contribution in [-0.2, 0) is 0 Å². The third-order valence-corrected chi connectivity index (χ3v) is 7.55. The van der Waals surface area contributed by atoms with Gasteiger partial charge in [0.1, 0.15) is 0 Å². The first-order valence-electron chi connectivity index (χ1n) is 10.3. The van der Waals surface area contributed by atoms with Crippen molar-refractivity contribution < 1.29 is 0 Å². The van der Waals surface area contributed by atoms with Crippen LogP contribution >= 0.6 is 23.5 Å². The number of allylic oxidation sites excluding steroid dienone is 11. The molecule has 1 atom stereocenters. The topological polar surface area (TPSA) is 0 Å². The van der Waals surface area contributed by atoms with Gasteiger partial charge in [-0.15, -0.1) is 0 Å². The minimum absolute atomic E-state index is 0.551. The summed E-state index contributed by atoms with van der Waals surface area (Å²) in [4.78, 5) is 2.58. The zero-order chi connectivity index (χ0) is 19.1. The molecule has 0 amide bonds. The van der Waals surface area contributed by atoms with Crippen LogP contribution < -0.4 is 0 Å². The third-order valence-electron chi connectivity index (χ3n) is 5.53. The van der Waals surface area contributed by atoms with Gasteiger partial charge in [0, 0.05) is 15.1 Å². The summed E-state index contributed by atoms with van der Waals surface area (Å²) in [5, 5.41) is 0.551. The molecule has 0 radical (unpaired) electrons. The number of unbranched alkanes of at least 4 members (excludes halogenated alkanes) is 1. The van der Waals surface area contributed by atoms with Gasteiger partial charge in [-0.1, -0.05) is 73.7 Å². The van der Waals surface area contributed by atoms with Gasteiger partial charge in [-0.25, -0.2) is 0 Å². The number of rotatable bonds is 8. The van der Waals surface area contributed by atoms with Crippen LogP contribution in [0.15, 0.2) is 81.2 Å². The van der Waals surface area contributed by atoms with Crippen LogP contribution in [0.1, 0.15) is 58.3 Å². The van der Waals surface area contributed by atoms with Crippen LogP contribution in [0.3, 0.4) is 0 Å². The SMILES string of the molecule is C=C(SC1=CCCC(C2=CC=C(CCCC)CC2)=C1)C1=CC=CCC1SC. The molecule has 0 nitrogen and oxygen atoms in total. The highest BCUT2D eigenvalue weighted by Gasteiger charge is 2.19. The summed E-state index contributed by atoms with van der Waals surface area (Å²) >= 11 is 3.79. The molecule has 2 heteroatoms. The first-order valence-corrected chi connectivity index (χ1v) is 12.4. The van der Waals surface area contributed by atoms with Gasteiger partial charge in [-0.3, -0.25) is 0 Å². The van der Waals surface area contributed by atoms with Crippen LogP contribution in [-0.4, -0.2) is 11.5 Å². The van der Waals surface area contributed by atoms with Crippen LogP contribution in [0.2, 0.25) is 0 Å². The van der Waals surface area contributed by atoms with Gasteiger partial charge in [0.25, 0.3) is 0 Å². The zero-order valence-electron chi connectivity index (χ0n) is 16.8. The van der Waals surface area contributed by atoms with E-state index in [9.17, 15) is 0 Å². The monoisotopic (exact) mass is 396 g/mol. The van der Waals surface area contributed by atoms with E-state index in [1.807, 2.05) is 23.5 Å². The molecule has 3 aliphatic carbocycles. The quantitative estimate of drug-likeness (QED) is 0.404. The fourth-order valence-corrected chi connectivity index (χ4v) is 5.73. The Morgan fingerprint density at radius 1 is 1.15 bits per heavy atom. The third kappa shape index (κ3) is 5.68. The lowest BCUT2D eigenvalue weighted by molar-refractivity contribution is 0.740. The lowest BCUT2D eigenvalue weighted by atomic mass is 9.88. The summed E-state index contributed by atoms with van der Waals surface area (Å²) < 4.78 is 0. The molecular weight excluding hydrogens is 364 g/mol. The molecule has 3 aliphatic rings. The highest BCUT2D eigenvalue weighted by atomic mass is 32.2. The maximum Gasteiger partial charge on any atom is 0.0340 e. The van der Waals surface area contributed by atoms with Gasteiger partial charge < -0.3 is 0 Å². The van der Waals surface area contributed by atoms with E-state index in [1.54, 1.807) is 11.1 Å². The van der Waals surface area contributed by atoms with Gasteiger partial charge in [0.15, 0.2) is 0 Å². The second-order valence-corrected chi connectivity index (χ2v) is 9.68. The van der Waals surface area contributed by atoms with Crippen molar-refractivity contribution in [3.63, 3.8) is 0 Å². The lowest BCUT2D eigenvalue weighted by Crippen LogP contribution is -2.08. The van der Waals surface area contributed by atoms with Gasteiger partial charge in [-0.2, -0.15) is 11.8 Å². The Bertz CT molecular complexity index is 740. The summed E-state index contributed by atoms with van der Waals surface area (Å²) in [6, 6.07) is 0. The molecule has 0 saturated carbocycles. The molecule has 0 aromatic rings. The fourth-order valence-electron chi connectivity index (χ4n) is 3.86. The minimum Gasteiger partial charge on any atom is -0.157 e. The largest absolute Gasteiger partial charge is 0.157 e. The van der Waals surface area contributed by atoms with Crippen molar-refractivity contribution in [2.24, 2.45) is 0 Å². The average molecular weight is 397 g/mol. The first kappa shape index (κ1) is 20.6. The van der Waals surface area contributed by atoms with E-state index in [1.165, 1.54) is 59.5 Å². The van der Waals surface area contributed by atoms with E-state index >= 15 is 0 Å². The Balaban J connectivity index is 1.66. The first-order chi connectivity index (χ1) is 13.2. The van der Waals surface area contributed by atoms with E-state index in [-0.39, 0.29) is 0 Å². The standard InChI is InChI=1S/C25H32S2/c1-4-5-9-20-14-16-21(17-15-20)22-10-8-11-23(18-22)27-19(2)24-12-6-7-13-25(24)26-3/h6-7,11-12,14,16,18,25H,2,4-5,8-10,13,15,17H2,1,3H3. The van der Waals surface area contributed by atoms with Gasteiger partial charge >= 0.3 is 0 Å². The molecule has 0 saturated heterocycles. The van der Waals surface area contributed by atoms with E-state index in [0.29, 0.717) is 5.25 Å². The summed E-state index contributed by atoms with van der Waals surface area (Å²) in [6.45, 7) is 6.68. The zero-order valence-corrected chi connectivity index (χ0v) is 18.4. The molecule has 3 rings (SSSR count). The maximum absolute atomic E-state index is 4.40. The molecule has 27 heavy (non-hydrogen) atoms. The average Bonchev–Trinajstić information content (AvgIpc) is 2.72. The highest BCUT2D eigenvalue weighted by molar-refractivity contribution is 8.07. The Morgan fingerprint density at radius 3 is 2.78 bits per heavy atom. The van der Waals surface area contributed by atoms with Gasteiger partial charge in [0.2, 0.25) is 0 Å². The Hall–Kier alpha value is -1.12. The van der Waals surface area contributed by atoms with Crippen molar-refractivity contribution in [2.45, 2.75) is 63.5 Å². The van der Waals surface area contributed by atoms with Crippen molar-refractivity contribution >= 4 is 23.5 Å². The Morgan fingerprint density at radius 2 is 2.04 bits per heavy atom. The maximum atomic E-state index is 4.40. The van der Waals surface area contributed by atoms with Gasteiger partial charge in [0.05, 0.1) is 0 Å². The lowest BCUT2D eigenvalue weighted by Gasteiger charge is -2.23. The molecule has 0 aliphatic heterocycles. The van der Waals surface area contributed by atoms with Crippen molar-refractivity contribution in [2.75, 3.05) is 6.26 Å². The number of hydrogen-bond donors (Lipinski definition) is 0. The van der Waals surface area contributed by atoms with E-state index in [4.69, 9.17) is 0 Å². The van der Waals surface area contributed by atoms with Crippen molar-refractivity contribution in [1.82, 2.24) is 0 Å². The Labute approximate surface area is 174 Å². The van der Waals surface area contributed by atoms with Gasteiger partial charge in [-0.05, 0) is 74.0 Å².